The molecule has 1 amide bonds. The number of ether oxygens (including phenoxy) is 1. The highest BCUT2D eigenvalue weighted by atomic mass is 35.5. The highest BCUT2D eigenvalue weighted by molar-refractivity contribution is 5.85. The summed E-state index contributed by atoms with van der Waals surface area (Å²) in [4.78, 5) is 13.8. The highest BCUT2D eigenvalue weighted by Gasteiger charge is 2.25. The van der Waals surface area contributed by atoms with Gasteiger partial charge in [0.05, 0.1) is 13.0 Å². The Hall–Kier alpha value is -0.460. The van der Waals surface area contributed by atoms with Gasteiger partial charge in [0, 0.05) is 19.1 Å². The predicted molar refractivity (Wildman–Crippen MR) is 72.0 cm³/mol. The summed E-state index contributed by atoms with van der Waals surface area (Å²) in [5.41, 5.74) is 0. The number of rotatable bonds is 8. The Bertz CT molecular complexity index is 252. The number of halogens is 3. The Kier molecular flexibility index (Phi) is 10.1. The third kappa shape index (κ3) is 7.03. The van der Waals surface area contributed by atoms with Crippen molar-refractivity contribution in [3.05, 3.63) is 0 Å². The normalized spacial score (nSPS) is 18.4. The van der Waals surface area contributed by atoms with Crippen molar-refractivity contribution in [1.29, 1.82) is 0 Å². The zero-order valence-corrected chi connectivity index (χ0v) is 12.1. The van der Waals surface area contributed by atoms with E-state index in [0.717, 1.165) is 32.5 Å². The lowest BCUT2D eigenvalue weighted by atomic mass is 10.2. The van der Waals surface area contributed by atoms with E-state index in [1.54, 1.807) is 0 Å². The van der Waals surface area contributed by atoms with Crippen LogP contribution in [-0.4, -0.2) is 56.1 Å². The van der Waals surface area contributed by atoms with Gasteiger partial charge in [0.1, 0.15) is 6.61 Å². The molecule has 1 N–H and O–H groups in total. The number of hydrogen-bond acceptors (Lipinski definition) is 3. The molecule has 0 spiro atoms. The maximum atomic E-state index is 12.0. The zero-order valence-electron chi connectivity index (χ0n) is 11.2. The lowest BCUT2D eigenvalue weighted by Crippen LogP contribution is -2.42. The molecule has 114 valence electrons. The minimum absolute atomic E-state index is 0. The van der Waals surface area contributed by atoms with E-state index in [1.165, 1.54) is 0 Å². The summed E-state index contributed by atoms with van der Waals surface area (Å²) < 4.78 is 28.5. The first-order chi connectivity index (χ1) is 8.65. The Morgan fingerprint density at radius 1 is 1.53 bits per heavy atom. The summed E-state index contributed by atoms with van der Waals surface area (Å²) in [6, 6.07) is 0.243. The summed E-state index contributed by atoms with van der Waals surface area (Å²) in [6.45, 7) is 3.98. The van der Waals surface area contributed by atoms with E-state index in [4.69, 9.17) is 4.74 Å². The molecule has 0 bridgehead atoms. The van der Waals surface area contributed by atoms with Crippen molar-refractivity contribution < 1.29 is 18.3 Å². The minimum atomic E-state index is -2.47. The number of amides is 1. The van der Waals surface area contributed by atoms with E-state index in [2.05, 4.69) is 5.32 Å². The van der Waals surface area contributed by atoms with Crippen LogP contribution >= 0.6 is 12.4 Å². The average molecular weight is 301 g/mol. The number of nitrogens with zero attached hydrogens (tertiary/aromatic N) is 1. The van der Waals surface area contributed by atoms with Gasteiger partial charge in [-0.15, -0.1) is 12.4 Å². The fourth-order valence-corrected chi connectivity index (χ4v) is 2.13. The first-order valence-electron chi connectivity index (χ1n) is 6.51. The first-order valence-corrected chi connectivity index (χ1v) is 6.51. The maximum Gasteiger partial charge on any atom is 0.261 e. The number of carbonyl (C=O) groups excluding carboxylic acids is 1. The highest BCUT2D eigenvalue weighted by Crippen LogP contribution is 2.11. The molecule has 0 aliphatic carbocycles. The molecule has 1 saturated heterocycles. The van der Waals surface area contributed by atoms with Crippen LogP contribution in [0, 0.1) is 0 Å². The van der Waals surface area contributed by atoms with Crippen LogP contribution in [0.15, 0.2) is 0 Å². The van der Waals surface area contributed by atoms with E-state index in [-0.39, 0.29) is 37.4 Å². The lowest BCUT2D eigenvalue weighted by molar-refractivity contribution is -0.134. The van der Waals surface area contributed by atoms with Gasteiger partial charge in [-0.05, 0) is 19.4 Å². The van der Waals surface area contributed by atoms with Crippen LogP contribution < -0.4 is 5.32 Å². The molecule has 1 heterocycles. The third-order valence-corrected chi connectivity index (χ3v) is 2.96. The molecule has 1 aliphatic heterocycles. The van der Waals surface area contributed by atoms with Crippen LogP contribution in [0.2, 0.25) is 0 Å². The van der Waals surface area contributed by atoms with E-state index >= 15 is 0 Å². The summed E-state index contributed by atoms with van der Waals surface area (Å²) in [7, 11) is 0. The van der Waals surface area contributed by atoms with E-state index < -0.39 is 13.0 Å². The molecule has 1 rings (SSSR count). The summed E-state index contributed by atoms with van der Waals surface area (Å²) >= 11 is 0. The summed E-state index contributed by atoms with van der Waals surface area (Å²) in [6.07, 6.45) is -0.418. The molecule has 1 fully saturated rings. The lowest BCUT2D eigenvalue weighted by Gasteiger charge is -2.28. The van der Waals surface area contributed by atoms with Crippen LogP contribution in [0.25, 0.3) is 0 Å². The van der Waals surface area contributed by atoms with Gasteiger partial charge < -0.3 is 15.0 Å². The van der Waals surface area contributed by atoms with Gasteiger partial charge in [-0.25, -0.2) is 8.78 Å². The van der Waals surface area contributed by atoms with Crippen LogP contribution in [0.1, 0.15) is 26.2 Å². The maximum absolute atomic E-state index is 12.0. The predicted octanol–water partition coefficient (Wildman–Crippen LogP) is 1.68. The van der Waals surface area contributed by atoms with Crippen molar-refractivity contribution in [2.75, 3.05) is 32.8 Å². The molecule has 0 aromatic rings. The minimum Gasteiger partial charge on any atom is -0.375 e. The quantitative estimate of drug-likeness (QED) is 0.694. The smallest absolute Gasteiger partial charge is 0.261 e. The SMILES string of the molecule is CCCN(C(=O)CCOCC(F)F)C1CCNC1.Cl. The Balaban J connectivity index is 0.00000324. The number of alkyl halides is 2. The zero-order chi connectivity index (χ0) is 13.4. The van der Waals surface area contributed by atoms with Gasteiger partial charge in [0.15, 0.2) is 0 Å². The fraction of sp³-hybridized carbons (Fsp3) is 0.917. The second-order valence-corrected chi connectivity index (χ2v) is 4.45. The Morgan fingerprint density at radius 3 is 2.79 bits per heavy atom. The standard InChI is InChI=1S/C12H22F2N2O2.ClH/c1-2-6-16(10-3-5-15-8-10)12(17)4-7-18-9-11(13)14;/h10-11,15H,2-9H2,1H3;1H. The van der Waals surface area contributed by atoms with E-state index in [1.807, 2.05) is 11.8 Å². The monoisotopic (exact) mass is 300 g/mol. The molecular formula is C12H23ClF2N2O2. The van der Waals surface area contributed by atoms with Crippen LogP contribution in [0.4, 0.5) is 8.78 Å². The molecular weight excluding hydrogens is 278 g/mol. The fourth-order valence-electron chi connectivity index (χ4n) is 2.13. The van der Waals surface area contributed by atoms with E-state index in [9.17, 15) is 13.6 Å². The molecule has 0 aromatic heterocycles. The van der Waals surface area contributed by atoms with Gasteiger partial charge in [0.2, 0.25) is 5.91 Å². The number of nitrogens with one attached hydrogen (secondary N) is 1. The molecule has 19 heavy (non-hydrogen) atoms. The topological polar surface area (TPSA) is 41.6 Å². The average Bonchev–Trinajstić information content (AvgIpc) is 2.84. The summed E-state index contributed by atoms with van der Waals surface area (Å²) in [5, 5.41) is 3.22. The van der Waals surface area contributed by atoms with Gasteiger partial charge in [-0.1, -0.05) is 6.92 Å². The van der Waals surface area contributed by atoms with Gasteiger partial charge in [-0.2, -0.15) is 0 Å². The van der Waals surface area contributed by atoms with E-state index in [0.29, 0.717) is 0 Å². The summed E-state index contributed by atoms with van der Waals surface area (Å²) in [5.74, 6) is -0.000170. The van der Waals surface area contributed by atoms with Crippen LogP contribution in [0.3, 0.4) is 0 Å². The van der Waals surface area contributed by atoms with Crippen LogP contribution in [-0.2, 0) is 9.53 Å². The number of hydrogen-bond donors (Lipinski definition) is 1. The molecule has 7 heteroatoms. The molecule has 0 saturated carbocycles. The first kappa shape index (κ1) is 18.5. The Morgan fingerprint density at radius 2 is 2.26 bits per heavy atom. The Labute approximate surface area is 119 Å². The molecule has 1 atom stereocenters. The van der Waals surface area contributed by atoms with Gasteiger partial charge in [0.25, 0.3) is 6.43 Å². The van der Waals surface area contributed by atoms with Crippen molar-refractivity contribution in [1.82, 2.24) is 10.2 Å². The molecule has 1 aliphatic rings. The van der Waals surface area contributed by atoms with Crippen molar-refractivity contribution in [2.24, 2.45) is 0 Å². The van der Waals surface area contributed by atoms with Crippen molar-refractivity contribution >= 4 is 18.3 Å². The second-order valence-electron chi connectivity index (χ2n) is 4.45. The van der Waals surface area contributed by atoms with Crippen LogP contribution in [0.5, 0.6) is 0 Å². The molecule has 0 radical (unpaired) electrons. The van der Waals surface area contributed by atoms with Crippen molar-refractivity contribution in [3.63, 3.8) is 0 Å². The van der Waals surface area contributed by atoms with Crippen molar-refractivity contribution in [2.45, 2.75) is 38.7 Å². The molecule has 1 unspecified atom stereocenters. The molecule has 0 aromatic carbocycles. The van der Waals surface area contributed by atoms with Gasteiger partial charge in [-0.3, -0.25) is 4.79 Å². The second kappa shape index (κ2) is 10.3. The van der Waals surface area contributed by atoms with Crippen molar-refractivity contribution in [3.8, 4) is 0 Å². The largest absolute Gasteiger partial charge is 0.375 e. The number of carbonyl (C=O) groups is 1. The van der Waals surface area contributed by atoms with Gasteiger partial charge >= 0.3 is 0 Å². The third-order valence-electron chi connectivity index (χ3n) is 2.96. The molecule has 4 nitrogen and oxygen atoms in total.